The van der Waals surface area contributed by atoms with Gasteiger partial charge in [-0.2, -0.15) is 0 Å². The van der Waals surface area contributed by atoms with Gasteiger partial charge in [0.05, 0.1) is 4.47 Å². The van der Waals surface area contributed by atoms with Crippen LogP contribution >= 0.6 is 27.7 Å². The van der Waals surface area contributed by atoms with Crippen LogP contribution in [0, 0.1) is 20.8 Å². The lowest BCUT2D eigenvalue weighted by molar-refractivity contribution is 1.08. The summed E-state index contributed by atoms with van der Waals surface area (Å²) in [6.45, 7) is 6.33. The fourth-order valence-corrected chi connectivity index (χ4v) is 3.53. The smallest absolute Gasteiger partial charge is 0.111 e. The van der Waals surface area contributed by atoms with E-state index < -0.39 is 0 Å². The van der Waals surface area contributed by atoms with E-state index >= 15 is 0 Å². The number of aryl methyl sites for hydroxylation is 3. The lowest BCUT2D eigenvalue weighted by Gasteiger charge is -2.06. The van der Waals surface area contributed by atoms with Gasteiger partial charge in [-0.1, -0.05) is 29.3 Å². The SMILES string of the molecule is Cc1cc(C)cc(CSc2ncc(C)cc2Br)c1. The zero-order chi connectivity index (χ0) is 13.1. The number of thioether (sulfide) groups is 1. The van der Waals surface area contributed by atoms with E-state index in [1.807, 2.05) is 6.20 Å². The predicted octanol–water partition coefficient (Wildman–Crippen LogP) is 5.06. The van der Waals surface area contributed by atoms with Gasteiger partial charge in [-0.15, -0.1) is 11.8 Å². The summed E-state index contributed by atoms with van der Waals surface area (Å²) in [6.07, 6.45) is 1.91. The molecule has 0 unspecified atom stereocenters. The topological polar surface area (TPSA) is 12.9 Å². The second-order valence-corrected chi connectivity index (χ2v) is 6.40. The Hall–Kier alpha value is -0.800. The van der Waals surface area contributed by atoms with Gasteiger partial charge in [0.15, 0.2) is 0 Å². The molecule has 0 amide bonds. The minimum absolute atomic E-state index is 0.956. The largest absolute Gasteiger partial charge is 0.248 e. The average molecular weight is 322 g/mol. The summed E-state index contributed by atoms with van der Waals surface area (Å²) < 4.78 is 1.08. The van der Waals surface area contributed by atoms with Crippen molar-refractivity contribution in [2.75, 3.05) is 0 Å². The van der Waals surface area contributed by atoms with Crippen LogP contribution in [0.4, 0.5) is 0 Å². The van der Waals surface area contributed by atoms with E-state index in [0.717, 1.165) is 15.3 Å². The van der Waals surface area contributed by atoms with Crippen LogP contribution in [-0.4, -0.2) is 4.98 Å². The number of nitrogens with zero attached hydrogens (tertiary/aromatic N) is 1. The molecule has 0 N–H and O–H groups in total. The highest BCUT2D eigenvalue weighted by Crippen LogP contribution is 2.29. The van der Waals surface area contributed by atoms with Crippen LogP contribution in [0.3, 0.4) is 0 Å². The molecule has 0 spiro atoms. The number of hydrogen-bond acceptors (Lipinski definition) is 2. The number of rotatable bonds is 3. The third-order valence-corrected chi connectivity index (χ3v) is 4.54. The Bertz CT molecular complexity index is 546. The summed E-state index contributed by atoms with van der Waals surface area (Å²) >= 11 is 5.33. The van der Waals surface area contributed by atoms with E-state index in [4.69, 9.17) is 0 Å². The molecule has 0 aliphatic rings. The lowest BCUT2D eigenvalue weighted by Crippen LogP contribution is -1.88. The Kier molecular flexibility index (Phi) is 4.46. The van der Waals surface area contributed by atoms with Crippen LogP contribution in [0.5, 0.6) is 0 Å². The summed E-state index contributed by atoms with van der Waals surface area (Å²) in [5, 5.41) is 1.06. The highest BCUT2D eigenvalue weighted by molar-refractivity contribution is 9.10. The van der Waals surface area contributed by atoms with Crippen molar-refractivity contribution < 1.29 is 0 Å². The molecular weight excluding hydrogens is 306 g/mol. The third-order valence-electron chi connectivity index (χ3n) is 2.60. The number of halogens is 1. The van der Waals surface area contributed by atoms with Crippen molar-refractivity contribution in [3.63, 3.8) is 0 Å². The molecule has 0 radical (unpaired) electrons. The molecule has 94 valence electrons. The first-order valence-corrected chi connectivity index (χ1v) is 7.64. The minimum atomic E-state index is 0.956. The van der Waals surface area contributed by atoms with Crippen molar-refractivity contribution in [1.29, 1.82) is 0 Å². The Morgan fingerprint density at radius 2 is 1.67 bits per heavy atom. The predicted molar refractivity (Wildman–Crippen MR) is 82.2 cm³/mol. The molecule has 0 saturated carbocycles. The molecule has 2 rings (SSSR count). The molecule has 1 heterocycles. The van der Waals surface area contributed by atoms with E-state index in [9.17, 15) is 0 Å². The normalized spacial score (nSPS) is 10.7. The summed E-state index contributed by atoms with van der Waals surface area (Å²) in [4.78, 5) is 4.45. The van der Waals surface area contributed by atoms with Crippen LogP contribution in [0.2, 0.25) is 0 Å². The van der Waals surface area contributed by atoms with Crippen molar-refractivity contribution >= 4 is 27.7 Å². The summed E-state index contributed by atoms with van der Waals surface area (Å²) in [5.74, 6) is 0.956. The molecule has 3 heteroatoms. The quantitative estimate of drug-likeness (QED) is 0.733. The Balaban J connectivity index is 2.11. The van der Waals surface area contributed by atoms with Crippen LogP contribution in [0.25, 0.3) is 0 Å². The van der Waals surface area contributed by atoms with Crippen molar-refractivity contribution in [3.8, 4) is 0 Å². The Morgan fingerprint density at radius 3 is 2.28 bits per heavy atom. The van der Waals surface area contributed by atoms with Crippen molar-refractivity contribution in [1.82, 2.24) is 4.98 Å². The van der Waals surface area contributed by atoms with Crippen LogP contribution in [0.1, 0.15) is 22.3 Å². The summed E-state index contributed by atoms with van der Waals surface area (Å²) in [5.41, 5.74) is 5.17. The lowest BCUT2D eigenvalue weighted by atomic mass is 10.1. The number of hydrogen-bond donors (Lipinski definition) is 0. The van der Waals surface area contributed by atoms with Gasteiger partial charge in [0.1, 0.15) is 5.03 Å². The zero-order valence-corrected chi connectivity index (χ0v) is 13.2. The van der Waals surface area contributed by atoms with Crippen LogP contribution in [0.15, 0.2) is 40.0 Å². The van der Waals surface area contributed by atoms with Crippen LogP contribution in [-0.2, 0) is 5.75 Å². The van der Waals surface area contributed by atoms with Gasteiger partial charge in [-0.25, -0.2) is 4.98 Å². The first-order valence-electron chi connectivity index (χ1n) is 5.87. The van der Waals surface area contributed by atoms with Crippen molar-refractivity contribution in [3.05, 3.63) is 57.2 Å². The van der Waals surface area contributed by atoms with Gasteiger partial charge < -0.3 is 0 Å². The standard InChI is InChI=1S/C15H16BrNS/c1-10-4-11(2)6-13(5-10)9-18-15-14(16)7-12(3)8-17-15/h4-8H,9H2,1-3H3. The Morgan fingerprint density at radius 1 is 1.00 bits per heavy atom. The fourth-order valence-electron chi connectivity index (χ4n) is 1.93. The molecule has 2 aromatic rings. The zero-order valence-electron chi connectivity index (χ0n) is 10.8. The third kappa shape index (κ3) is 3.59. The second kappa shape index (κ2) is 5.89. The number of benzene rings is 1. The minimum Gasteiger partial charge on any atom is -0.248 e. The maximum atomic E-state index is 4.45. The van der Waals surface area contributed by atoms with Gasteiger partial charge in [0, 0.05) is 11.9 Å². The van der Waals surface area contributed by atoms with Gasteiger partial charge in [0.2, 0.25) is 0 Å². The van der Waals surface area contributed by atoms with Crippen molar-refractivity contribution in [2.24, 2.45) is 0 Å². The monoisotopic (exact) mass is 321 g/mol. The van der Waals surface area contributed by atoms with Crippen molar-refractivity contribution in [2.45, 2.75) is 31.6 Å². The van der Waals surface area contributed by atoms with Crippen LogP contribution < -0.4 is 0 Å². The maximum absolute atomic E-state index is 4.45. The second-order valence-electron chi connectivity index (χ2n) is 4.58. The van der Waals surface area contributed by atoms with E-state index in [-0.39, 0.29) is 0 Å². The highest BCUT2D eigenvalue weighted by Gasteiger charge is 2.04. The Labute approximate surface area is 121 Å². The number of aromatic nitrogens is 1. The molecule has 0 saturated heterocycles. The molecular formula is C15H16BrNS. The molecule has 0 aliphatic carbocycles. The fraction of sp³-hybridized carbons (Fsp3) is 0.267. The molecule has 0 bridgehead atoms. The first-order chi connectivity index (χ1) is 8.54. The first kappa shape index (κ1) is 13.6. The average Bonchev–Trinajstić information content (AvgIpc) is 2.26. The molecule has 0 fully saturated rings. The summed E-state index contributed by atoms with van der Waals surface area (Å²) in [6, 6.07) is 8.79. The molecule has 1 aromatic carbocycles. The highest BCUT2D eigenvalue weighted by atomic mass is 79.9. The molecule has 1 aromatic heterocycles. The molecule has 0 atom stereocenters. The maximum Gasteiger partial charge on any atom is 0.111 e. The van der Waals surface area contributed by atoms with Gasteiger partial charge in [-0.3, -0.25) is 0 Å². The number of pyridine rings is 1. The van der Waals surface area contributed by atoms with E-state index in [0.29, 0.717) is 0 Å². The van der Waals surface area contributed by atoms with E-state index in [2.05, 4.69) is 66.0 Å². The molecule has 0 aliphatic heterocycles. The van der Waals surface area contributed by atoms with E-state index in [1.54, 1.807) is 11.8 Å². The van der Waals surface area contributed by atoms with Gasteiger partial charge >= 0.3 is 0 Å². The summed E-state index contributed by atoms with van der Waals surface area (Å²) in [7, 11) is 0. The van der Waals surface area contributed by atoms with Gasteiger partial charge in [-0.05, 0) is 53.9 Å². The molecule has 18 heavy (non-hydrogen) atoms. The van der Waals surface area contributed by atoms with E-state index in [1.165, 1.54) is 22.3 Å². The van der Waals surface area contributed by atoms with Gasteiger partial charge in [0.25, 0.3) is 0 Å². The molecule has 1 nitrogen and oxygen atoms in total.